The molecule has 2 aliphatic heterocycles. The van der Waals surface area contributed by atoms with Gasteiger partial charge in [-0.25, -0.2) is 0 Å². The van der Waals surface area contributed by atoms with Crippen molar-refractivity contribution in [3.63, 3.8) is 0 Å². The molecule has 1 aromatic rings. The minimum atomic E-state index is -0.447. The normalized spacial score (nSPS) is 25.2. The van der Waals surface area contributed by atoms with Crippen molar-refractivity contribution in [3.8, 4) is 5.75 Å². The van der Waals surface area contributed by atoms with Crippen molar-refractivity contribution in [2.24, 2.45) is 0 Å². The standard InChI is InChI=1S/C24H29NO3/c1-16-12-21(26)13-17(2)23(16)18-6-7-22-19(14-18)15-27-24(28-22)8-10-25(11-9-24)20-4-3-5-20/h6-7,12,14,20H,3-5,8-11,13,15H2,1-2H3. The highest BCUT2D eigenvalue weighted by Gasteiger charge is 2.42. The molecule has 0 atom stereocenters. The molecular weight excluding hydrogens is 350 g/mol. The van der Waals surface area contributed by atoms with E-state index in [1.807, 2.05) is 6.92 Å². The van der Waals surface area contributed by atoms with E-state index >= 15 is 0 Å². The van der Waals surface area contributed by atoms with E-state index in [1.165, 1.54) is 24.8 Å². The molecule has 1 saturated carbocycles. The molecule has 4 heteroatoms. The molecule has 5 rings (SSSR count). The van der Waals surface area contributed by atoms with Gasteiger partial charge in [0.25, 0.3) is 0 Å². The minimum absolute atomic E-state index is 0.193. The van der Waals surface area contributed by atoms with Crippen LogP contribution >= 0.6 is 0 Å². The molecule has 2 aliphatic carbocycles. The van der Waals surface area contributed by atoms with Crippen molar-refractivity contribution in [3.05, 3.63) is 46.5 Å². The second kappa shape index (κ2) is 6.85. The van der Waals surface area contributed by atoms with Crippen LogP contribution in [0.3, 0.4) is 0 Å². The number of likely N-dealkylation sites (tertiary alicyclic amines) is 1. The second-order valence-electron chi connectivity index (χ2n) is 8.87. The number of piperidine rings is 1. The smallest absolute Gasteiger partial charge is 0.213 e. The van der Waals surface area contributed by atoms with Crippen molar-refractivity contribution >= 4 is 11.4 Å². The van der Waals surface area contributed by atoms with Gasteiger partial charge < -0.3 is 9.47 Å². The summed E-state index contributed by atoms with van der Waals surface area (Å²) in [5.41, 5.74) is 5.64. The van der Waals surface area contributed by atoms with Crippen molar-refractivity contribution < 1.29 is 14.3 Å². The number of fused-ring (bicyclic) bond motifs is 1. The Hall–Kier alpha value is -1.91. The summed E-state index contributed by atoms with van der Waals surface area (Å²) in [6.45, 7) is 6.82. The Morgan fingerprint density at radius 3 is 2.61 bits per heavy atom. The van der Waals surface area contributed by atoms with E-state index in [0.29, 0.717) is 13.0 Å². The summed E-state index contributed by atoms with van der Waals surface area (Å²) in [5, 5.41) is 0. The van der Waals surface area contributed by atoms with Crippen LogP contribution in [0.25, 0.3) is 5.57 Å². The molecule has 148 valence electrons. The van der Waals surface area contributed by atoms with Gasteiger partial charge in [-0.05, 0) is 61.6 Å². The van der Waals surface area contributed by atoms with Crippen molar-refractivity contribution in [1.82, 2.24) is 4.90 Å². The Bertz CT molecular complexity index is 870. The van der Waals surface area contributed by atoms with Crippen LogP contribution in [-0.2, 0) is 16.1 Å². The Labute approximate surface area is 167 Å². The molecule has 1 saturated heterocycles. The molecule has 0 radical (unpaired) electrons. The molecule has 0 bridgehead atoms. The van der Waals surface area contributed by atoms with Gasteiger partial charge in [0.05, 0.1) is 6.61 Å². The summed E-state index contributed by atoms with van der Waals surface area (Å²) >= 11 is 0. The summed E-state index contributed by atoms with van der Waals surface area (Å²) in [7, 11) is 0. The first-order valence-corrected chi connectivity index (χ1v) is 10.6. The van der Waals surface area contributed by atoms with E-state index in [1.54, 1.807) is 6.08 Å². The fourth-order valence-electron chi connectivity index (χ4n) is 5.14. The molecule has 28 heavy (non-hydrogen) atoms. The first-order valence-electron chi connectivity index (χ1n) is 10.6. The quantitative estimate of drug-likeness (QED) is 0.751. The molecule has 2 heterocycles. The SMILES string of the molecule is CC1=CC(=O)CC(C)=C1c1ccc2c(c1)COC1(CCN(C3CCC3)CC1)O2. The van der Waals surface area contributed by atoms with E-state index in [9.17, 15) is 4.79 Å². The van der Waals surface area contributed by atoms with Crippen LogP contribution in [0.15, 0.2) is 35.4 Å². The highest BCUT2D eigenvalue weighted by Crippen LogP contribution is 2.41. The van der Waals surface area contributed by atoms with E-state index in [0.717, 1.165) is 60.0 Å². The van der Waals surface area contributed by atoms with Gasteiger partial charge in [-0.15, -0.1) is 0 Å². The van der Waals surface area contributed by atoms with Gasteiger partial charge in [-0.1, -0.05) is 18.1 Å². The van der Waals surface area contributed by atoms with Gasteiger partial charge in [-0.3, -0.25) is 9.69 Å². The zero-order valence-electron chi connectivity index (χ0n) is 16.9. The maximum absolute atomic E-state index is 11.8. The zero-order valence-corrected chi connectivity index (χ0v) is 16.9. The fourth-order valence-corrected chi connectivity index (χ4v) is 5.14. The number of carbonyl (C=O) groups excluding carboxylic acids is 1. The molecule has 2 fully saturated rings. The molecule has 1 aromatic carbocycles. The van der Waals surface area contributed by atoms with E-state index < -0.39 is 5.79 Å². The lowest BCUT2D eigenvalue weighted by molar-refractivity contribution is -0.231. The van der Waals surface area contributed by atoms with Crippen LogP contribution in [0.2, 0.25) is 0 Å². The van der Waals surface area contributed by atoms with Crippen molar-refractivity contribution in [2.75, 3.05) is 13.1 Å². The Morgan fingerprint density at radius 1 is 1.14 bits per heavy atom. The molecule has 1 spiro atoms. The largest absolute Gasteiger partial charge is 0.462 e. The number of nitrogens with zero attached hydrogens (tertiary/aromatic N) is 1. The van der Waals surface area contributed by atoms with Gasteiger partial charge >= 0.3 is 0 Å². The number of rotatable bonds is 2. The van der Waals surface area contributed by atoms with Crippen LogP contribution in [0, 0.1) is 0 Å². The Kier molecular flexibility index (Phi) is 4.44. The Balaban J connectivity index is 1.34. The molecule has 0 N–H and O–H groups in total. The van der Waals surface area contributed by atoms with Crippen molar-refractivity contribution in [1.29, 1.82) is 0 Å². The number of hydrogen-bond donors (Lipinski definition) is 0. The maximum Gasteiger partial charge on any atom is 0.213 e. The first-order chi connectivity index (χ1) is 13.5. The van der Waals surface area contributed by atoms with Crippen LogP contribution in [0.4, 0.5) is 0 Å². The number of carbonyl (C=O) groups is 1. The summed E-state index contributed by atoms with van der Waals surface area (Å²) < 4.78 is 12.7. The number of benzene rings is 1. The van der Waals surface area contributed by atoms with Gasteiger partial charge in [0.2, 0.25) is 5.79 Å². The van der Waals surface area contributed by atoms with Gasteiger partial charge in [0.1, 0.15) is 5.75 Å². The highest BCUT2D eigenvalue weighted by molar-refractivity contribution is 6.01. The number of allylic oxidation sites excluding steroid dienone is 4. The average molecular weight is 380 g/mol. The third-order valence-corrected chi connectivity index (χ3v) is 6.92. The van der Waals surface area contributed by atoms with Crippen molar-refractivity contribution in [2.45, 2.75) is 70.8 Å². The molecule has 0 aromatic heterocycles. The van der Waals surface area contributed by atoms with E-state index in [2.05, 4.69) is 30.0 Å². The lowest BCUT2D eigenvalue weighted by atomic mass is 9.86. The van der Waals surface area contributed by atoms with Gasteiger partial charge in [-0.2, -0.15) is 0 Å². The highest BCUT2D eigenvalue weighted by atomic mass is 16.7. The molecular formula is C24H29NO3. The van der Waals surface area contributed by atoms with Crippen LogP contribution < -0.4 is 4.74 Å². The predicted molar refractivity (Wildman–Crippen MR) is 109 cm³/mol. The molecule has 4 aliphatic rings. The Morgan fingerprint density at radius 2 is 1.93 bits per heavy atom. The number of ketones is 1. The fraction of sp³-hybridized carbons (Fsp3) is 0.542. The average Bonchev–Trinajstić information content (AvgIpc) is 2.62. The van der Waals surface area contributed by atoms with Crippen LogP contribution in [0.1, 0.15) is 63.5 Å². The van der Waals surface area contributed by atoms with Gasteiger partial charge in [0.15, 0.2) is 5.78 Å². The molecule has 0 amide bonds. The third-order valence-electron chi connectivity index (χ3n) is 6.92. The second-order valence-corrected chi connectivity index (χ2v) is 8.87. The van der Waals surface area contributed by atoms with Gasteiger partial charge in [0, 0.05) is 44.0 Å². The summed E-state index contributed by atoms with van der Waals surface area (Å²) in [5.74, 6) is 0.703. The van der Waals surface area contributed by atoms with Crippen LogP contribution in [-0.4, -0.2) is 35.6 Å². The van der Waals surface area contributed by atoms with Crippen LogP contribution in [0.5, 0.6) is 5.75 Å². The number of hydrogen-bond acceptors (Lipinski definition) is 4. The van der Waals surface area contributed by atoms with E-state index in [-0.39, 0.29) is 5.78 Å². The van der Waals surface area contributed by atoms with E-state index in [4.69, 9.17) is 9.47 Å². The topological polar surface area (TPSA) is 38.8 Å². The molecule has 0 unspecified atom stereocenters. The first kappa shape index (κ1) is 18.1. The monoisotopic (exact) mass is 379 g/mol. The predicted octanol–water partition coefficient (Wildman–Crippen LogP) is 4.63. The number of ether oxygens (including phenoxy) is 2. The molecule has 4 nitrogen and oxygen atoms in total. The maximum atomic E-state index is 11.8. The third kappa shape index (κ3) is 3.13. The lowest BCUT2D eigenvalue weighted by Gasteiger charge is -2.47. The zero-order chi connectivity index (χ0) is 19.3. The summed E-state index contributed by atoms with van der Waals surface area (Å²) in [6.07, 6.45) is 8.26. The minimum Gasteiger partial charge on any atom is -0.462 e. The summed E-state index contributed by atoms with van der Waals surface area (Å²) in [6, 6.07) is 7.20. The lowest BCUT2D eigenvalue weighted by Crippen LogP contribution is -2.54. The summed E-state index contributed by atoms with van der Waals surface area (Å²) in [4.78, 5) is 14.4.